The molecule has 6 N–H and O–H groups in total. The molecule has 0 unspecified atom stereocenters. The Morgan fingerprint density at radius 3 is 1.32 bits per heavy atom. The molecule has 0 aliphatic heterocycles. The van der Waals surface area contributed by atoms with E-state index in [0.717, 1.165) is 46.1 Å². The van der Waals surface area contributed by atoms with E-state index in [1.165, 1.54) is 36.4 Å². The molecule has 10 aromatic rings. The van der Waals surface area contributed by atoms with Crippen LogP contribution in [0.2, 0.25) is 0 Å². The molecule has 0 radical (unpaired) electrons. The molecular formula is C62H54N8O14. The summed E-state index contributed by atoms with van der Waals surface area (Å²) in [5.74, 6) is -3.20. The summed E-state index contributed by atoms with van der Waals surface area (Å²) >= 11 is 0. The van der Waals surface area contributed by atoms with Gasteiger partial charge in [-0.1, -0.05) is 61.4 Å². The van der Waals surface area contributed by atoms with Gasteiger partial charge in [0.1, 0.15) is 24.6 Å². The van der Waals surface area contributed by atoms with Crippen LogP contribution in [0.5, 0.6) is 11.5 Å². The number of nitrogens with one attached hydrogen (secondary N) is 4. The minimum Gasteiger partial charge on any atom is -0.484 e. The van der Waals surface area contributed by atoms with Crippen molar-refractivity contribution < 1.29 is 48.5 Å². The summed E-state index contributed by atoms with van der Waals surface area (Å²) in [6.07, 6.45) is 6.54. The van der Waals surface area contributed by atoms with Gasteiger partial charge < -0.3 is 49.1 Å². The lowest BCUT2D eigenvalue weighted by atomic mass is 9.98. The van der Waals surface area contributed by atoms with E-state index in [2.05, 4.69) is 20.6 Å². The molecular weight excluding hydrogens is 1080 g/mol. The Hall–Kier alpha value is -10.9. The van der Waals surface area contributed by atoms with E-state index < -0.39 is 47.5 Å². The Morgan fingerprint density at radius 2 is 0.917 bits per heavy atom. The van der Waals surface area contributed by atoms with Gasteiger partial charge in [-0.2, -0.15) is 0 Å². The number of H-pyrrole nitrogens is 2. The first-order valence-electron chi connectivity index (χ1n) is 26.7. The van der Waals surface area contributed by atoms with Crippen LogP contribution in [0, 0.1) is 13.8 Å². The van der Waals surface area contributed by atoms with Crippen molar-refractivity contribution in [2.75, 3.05) is 26.3 Å². The number of aromatic nitrogens is 6. The van der Waals surface area contributed by atoms with Gasteiger partial charge in [0, 0.05) is 47.7 Å². The molecule has 22 nitrogen and oxygen atoms in total. The molecule has 0 fully saturated rings. The fraction of sp³-hybridized carbons (Fsp3) is 0.194. The highest BCUT2D eigenvalue weighted by atomic mass is 16.5. The SMILES string of the molecule is Cc1c(-c2cccc(OCC(=O)NCCCCCCNC(=O)COc3cccc(-c4c(C)c(C(=O)c5ccc6c(=O)n(CC(=O)O)c(=O)[nH]c6c5)n5ccccc45)c3)c2)c2ccccn2c1C(=O)c1ccc2c(=O)n(CC(=O)O)c(=O)[nH]c2c1. The van der Waals surface area contributed by atoms with Gasteiger partial charge in [0.15, 0.2) is 13.2 Å². The van der Waals surface area contributed by atoms with Gasteiger partial charge >= 0.3 is 23.3 Å². The maximum Gasteiger partial charge on any atom is 0.329 e. The number of carbonyl (C=O) groups is 6. The molecule has 84 heavy (non-hydrogen) atoms. The third-order valence-electron chi connectivity index (χ3n) is 14.4. The molecule has 22 heteroatoms. The molecule has 0 saturated carbocycles. The first kappa shape index (κ1) is 56.4. The van der Waals surface area contributed by atoms with Crippen molar-refractivity contribution in [3.8, 4) is 33.8 Å². The van der Waals surface area contributed by atoms with E-state index in [1.807, 2.05) is 50.2 Å². The number of amides is 2. The Balaban J connectivity index is 0.678. The number of rotatable bonds is 23. The molecule has 10 rings (SSSR count). The second-order valence-corrected chi connectivity index (χ2v) is 20.0. The van der Waals surface area contributed by atoms with Crippen LogP contribution in [0.3, 0.4) is 0 Å². The Bertz CT molecular complexity index is 4290. The normalized spacial score (nSPS) is 11.3. The lowest BCUT2D eigenvalue weighted by Gasteiger charge is -2.10. The van der Waals surface area contributed by atoms with Gasteiger partial charge in [0.05, 0.1) is 44.2 Å². The fourth-order valence-electron chi connectivity index (χ4n) is 10.5. The Kier molecular flexibility index (Phi) is 16.1. The average molecular weight is 1140 g/mol. The number of hydrogen-bond donors (Lipinski definition) is 6. The summed E-state index contributed by atoms with van der Waals surface area (Å²) in [6, 6.07) is 33.9. The highest BCUT2D eigenvalue weighted by molar-refractivity contribution is 6.14. The molecule has 0 aliphatic rings. The van der Waals surface area contributed by atoms with E-state index in [9.17, 15) is 47.9 Å². The summed E-state index contributed by atoms with van der Waals surface area (Å²) in [4.78, 5) is 133. The molecule has 4 aromatic carbocycles. The predicted octanol–water partition coefficient (Wildman–Crippen LogP) is 6.03. The molecule has 2 amide bonds. The number of carbonyl (C=O) groups excluding carboxylic acids is 4. The Morgan fingerprint density at radius 1 is 0.500 bits per heavy atom. The van der Waals surface area contributed by atoms with Gasteiger partial charge in [-0.3, -0.25) is 38.4 Å². The van der Waals surface area contributed by atoms with Gasteiger partial charge in [0.2, 0.25) is 11.6 Å². The third-order valence-corrected chi connectivity index (χ3v) is 14.4. The van der Waals surface area contributed by atoms with Gasteiger partial charge in [0.25, 0.3) is 22.9 Å². The van der Waals surface area contributed by atoms with Crippen molar-refractivity contribution in [3.63, 3.8) is 0 Å². The number of hydrogen-bond acceptors (Lipinski definition) is 12. The monoisotopic (exact) mass is 1130 g/mol. The first-order chi connectivity index (χ1) is 40.5. The highest BCUT2D eigenvalue weighted by Crippen LogP contribution is 2.37. The maximum absolute atomic E-state index is 14.2. The summed E-state index contributed by atoms with van der Waals surface area (Å²) in [5.41, 5.74) is 3.60. The number of unbranched alkanes of at least 4 members (excludes halogenated alkanes) is 3. The standard InChI is InChI=1S/C62H54N8O14/c1-35-53(47-17-5-9-25-67(47)55(35)57(77)39-19-21-43-45(29-39)65-61(81)69(59(43)79)31-51(73)74)37-13-11-15-41(27-37)83-33-49(71)63-23-7-3-4-8-24-64-50(72)34-84-42-16-12-14-38(28-42)54-36(2)56(68-26-10-6-18-48(54)68)58(78)40-20-22-44-46(30-40)66-62(82)70(60(44)80)32-52(75)76/h5-6,9-22,25-30H,3-4,7-8,23-24,31-34H2,1-2H3,(H,63,71)(H,64,72)(H,65,81)(H,66,82)(H,73,74)(H,75,76). The zero-order valence-corrected chi connectivity index (χ0v) is 45.4. The van der Waals surface area contributed by atoms with Crippen molar-refractivity contribution in [2.24, 2.45) is 0 Å². The second kappa shape index (κ2) is 24.1. The largest absolute Gasteiger partial charge is 0.484 e. The van der Waals surface area contributed by atoms with Crippen LogP contribution < -0.4 is 42.6 Å². The van der Waals surface area contributed by atoms with E-state index >= 15 is 0 Å². The third kappa shape index (κ3) is 11.5. The average Bonchev–Trinajstić information content (AvgIpc) is 4.22. The number of pyridine rings is 2. The van der Waals surface area contributed by atoms with Gasteiger partial charge in [-0.05, 0) is 122 Å². The molecule has 0 spiro atoms. The minimum atomic E-state index is -1.35. The van der Waals surface area contributed by atoms with Crippen LogP contribution >= 0.6 is 0 Å². The fourth-order valence-corrected chi connectivity index (χ4v) is 10.5. The molecule has 0 saturated heterocycles. The lowest BCUT2D eigenvalue weighted by molar-refractivity contribution is -0.138. The molecule has 426 valence electrons. The molecule has 0 bridgehead atoms. The van der Waals surface area contributed by atoms with Crippen molar-refractivity contribution in [1.82, 2.24) is 38.5 Å². The maximum atomic E-state index is 14.2. The molecule has 6 heterocycles. The number of carboxylic acid groups (broad SMARTS) is 2. The number of aliphatic carboxylic acids is 2. The first-order valence-corrected chi connectivity index (χ1v) is 26.7. The number of carboxylic acids is 2. The molecule has 6 aromatic heterocycles. The van der Waals surface area contributed by atoms with E-state index in [0.29, 0.717) is 69.1 Å². The number of ether oxygens (including phenoxy) is 2. The van der Waals surface area contributed by atoms with Gasteiger partial charge in [-0.15, -0.1) is 0 Å². The molecule has 0 aliphatic carbocycles. The topological polar surface area (TPSA) is 304 Å². The number of fused-ring (bicyclic) bond motifs is 4. The summed E-state index contributed by atoms with van der Waals surface area (Å²) in [6.45, 7) is 2.40. The van der Waals surface area contributed by atoms with Crippen molar-refractivity contribution in [2.45, 2.75) is 52.6 Å². The van der Waals surface area contributed by atoms with Crippen molar-refractivity contribution >= 4 is 68.2 Å². The summed E-state index contributed by atoms with van der Waals surface area (Å²) in [5, 5.41) is 24.2. The number of benzene rings is 4. The molecule has 0 atom stereocenters. The number of nitrogens with zero attached hydrogens (tertiary/aromatic N) is 4. The van der Waals surface area contributed by atoms with Crippen LogP contribution in [0.25, 0.3) is 55.1 Å². The van der Waals surface area contributed by atoms with Crippen LogP contribution in [0.1, 0.15) is 68.9 Å². The highest BCUT2D eigenvalue weighted by Gasteiger charge is 2.26. The number of ketones is 2. The smallest absolute Gasteiger partial charge is 0.329 e. The Labute approximate surface area is 475 Å². The summed E-state index contributed by atoms with van der Waals surface area (Å²) < 4.78 is 16.5. The quantitative estimate of drug-likeness (QED) is 0.0315. The summed E-state index contributed by atoms with van der Waals surface area (Å²) in [7, 11) is 0. The van der Waals surface area contributed by atoms with E-state index in [4.69, 9.17) is 19.7 Å². The zero-order chi connectivity index (χ0) is 59.3. The lowest BCUT2D eigenvalue weighted by Crippen LogP contribution is -2.37. The van der Waals surface area contributed by atoms with E-state index in [-0.39, 0.29) is 69.5 Å². The number of aromatic amines is 2. The zero-order valence-electron chi connectivity index (χ0n) is 45.4. The van der Waals surface area contributed by atoms with Crippen LogP contribution in [0.15, 0.2) is 153 Å². The van der Waals surface area contributed by atoms with E-state index in [1.54, 1.807) is 69.7 Å². The van der Waals surface area contributed by atoms with Crippen molar-refractivity contribution in [3.05, 3.63) is 209 Å². The van der Waals surface area contributed by atoms with Crippen molar-refractivity contribution in [1.29, 1.82) is 0 Å². The van der Waals surface area contributed by atoms with Crippen LogP contribution in [-0.2, 0) is 32.3 Å². The van der Waals surface area contributed by atoms with Crippen LogP contribution in [0.4, 0.5) is 0 Å². The van der Waals surface area contributed by atoms with Crippen LogP contribution in [-0.4, -0.2) is 99.7 Å². The predicted molar refractivity (Wildman–Crippen MR) is 310 cm³/mol. The minimum absolute atomic E-state index is 0.0538. The van der Waals surface area contributed by atoms with Gasteiger partial charge in [-0.25, -0.2) is 18.7 Å². The second-order valence-electron chi connectivity index (χ2n) is 20.0.